The third kappa shape index (κ3) is 3.64. The smallest absolute Gasteiger partial charge is 0.241 e. The lowest BCUT2D eigenvalue weighted by atomic mass is 10.1. The topological polar surface area (TPSA) is 72.2 Å². The number of thioether (sulfide) groups is 1. The Labute approximate surface area is 119 Å². The molecule has 3 N–H and O–H groups in total. The van der Waals surface area contributed by atoms with Gasteiger partial charge in [-0.15, -0.1) is 0 Å². The fraction of sp³-hybridized carbons (Fsp3) is 0.538. The minimum atomic E-state index is -3.46. The van der Waals surface area contributed by atoms with Crippen molar-refractivity contribution in [1.29, 1.82) is 0 Å². The quantitative estimate of drug-likeness (QED) is 0.834. The molecule has 1 aliphatic rings. The maximum absolute atomic E-state index is 12.5. The zero-order valence-corrected chi connectivity index (χ0v) is 12.7. The summed E-state index contributed by atoms with van der Waals surface area (Å²) in [6.45, 7) is 1.95. The Hall–Kier alpha value is -0.720. The first kappa shape index (κ1) is 14.7. The first-order valence-corrected chi connectivity index (χ1v) is 9.15. The van der Waals surface area contributed by atoms with Crippen molar-refractivity contribution in [2.45, 2.75) is 37.1 Å². The second-order valence-corrected chi connectivity index (χ2v) is 7.64. The molecule has 0 amide bonds. The minimum absolute atomic E-state index is 0.0531. The summed E-state index contributed by atoms with van der Waals surface area (Å²) in [4.78, 5) is 0.327. The van der Waals surface area contributed by atoms with Crippen LogP contribution in [0.25, 0.3) is 0 Å². The van der Waals surface area contributed by atoms with Crippen LogP contribution in [0.1, 0.15) is 25.3 Å². The van der Waals surface area contributed by atoms with Gasteiger partial charge in [0.25, 0.3) is 0 Å². The minimum Gasteiger partial charge on any atom is -0.399 e. The summed E-state index contributed by atoms with van der Waals surface area (Å²) in [6.07, 6.45) is 2.47. The van der Waals surface area contributed by atoms with Gasteiger partial charge in [-0.3, -0.25) is 0 Å². The maximum atomic E-state index is 12.5. The van der Waals surface area contributed by atoms with Crippen LogP contribution in [0.5, 0.6) is 0 Å². The van der Waals surface area contributed by atoms with Gasteiger partial charge in [-0.05, 0) is 48.5 Å². The number of nitrogens with two attached hydrogens (primary N) is 1. The molecule has 0 spiro atoms. The first-order chi connectivity index (χ1) is 9.03. The van der Waals surface area contributed by atoms with Gasteiger partial charge < -0.3 is 5.73 Å². The molecule has 0 saturated carbocycles. The molecule has 0 bridgehead atoms. The van der Waals surface area contributed by atoms with E-state index in [0.29, 0.717) is 17.0 Å². The first-order valence-electron chi connectivity index (χ1n) is 6.51. The summed E-state index contributed by atoms with van der Waals surface area (Å²) in [5.74, 6) is 2.04. The largest absolute Gasteiger partial charge is 0.399 e. The molecule has 1 saturated heterocycles. The highest BCUT2D eigenvalue weighted by atomic mass is 32.2. The molecule has 0 aliphatic carbocycles. The van der Waals surface area contributed by atoms with Crippen LogP contribution in [-0.2, 0) is 16.4 Å². The van der Waals surface area contributed by atoms with E-state index in [4.69, 9.17) is 5.73 Å². The Morgan fingerprint density at radius 2 is 2.05 bits per heavy atom. The van der Waals surface area contributed by atoms with Crippen molar-refractivity contribution < 1.29 is 8.42 Å². The van der Waals surface area contributed by atoms with Crippen LogP contribution in [-0.4, -0.2) is 26.0 Å². The predicted molar refractivity (Wildman–Crippen MR) is 80.9 cm³/mol. The number of nitrogen functional groups attached to an aromatic ring is 1. The predicted octanol–water partition coefficient (Wildman–Crippen LogP) is 2.01. The summed E-state index contributed by atoms with van der Waals surface area (Å²) >= 11 is 1.88. The van der Waals surface area contributed by atoms with Crippen molar-refractivity contribution in [3.05, 3.63) is 23.8 Å². The van der Waals surface area contributed by atoms with Gasteiger partial charge >= 0.3 is 0 Å². The molecule has 1 fully saturated rings. The zero-order valence-electron chi connectivity index (χ0n) is 11.1. The van der Waals surface area contributed by atoms with E-state index in [1.807, 2.05) is 18.7 Å². The van der Waals surface area contributed by atoms with Gasteiger partial charge in [-0.25, -0.2) is 13.1 Å². The molecular weight excluding hydrogens is 280 g/mol. The van der Waals surface area contributed by atoms with E-state index in [-0.39, 0.29) is 6.04 Å². The Morgan fingerprint density at radius 3 is 2.68 bits per heavy atom. The molecule has 106 valence electrons. The molecule has 2 rings (SSSR count). The summed E-state index contributed by atoms with van der Waals surface area (Å²) in [7, 11) is -3.46. The molecular formula is C13H20N2O2S2. The number of rotatable bonds is 4. The number of benzene rings is 1. The summed E-state index contributed by atoms with van der Waals surface area (Å²) in [5, 5.41) is 0. The lowest BCUT2D eigenvalue weighted by molar-refractivity contribution is 0.528. The molecule has 0 aromatic heterocycles. The number of anilines is 1. The standard InChI is InChI=1S/C13H20N2O2S2/c1-2-10-3-4-11(14)9-13(10)19(16,17)15-12-5-7-18-8-6-12/h3-4,9,12,15H,2,5-8,14H2,1H3. The molecule has 4 nitrogen and oxygen atoms in total. The van der Waals surface area contributed by atoms with Crippen molar-refractivity contribution in [3.63, 3.8) is 0 Å². The number of sulfonamides is 1. The van der Waals surface area contributed by atoms with E-state index in [9.17, 15) is 8.42 Å². The summed E-state index contributed by atoms with van der Waals surface area (Å²) in [5.41, 5.74) is 7.01. The van der Waals surface area contributed by atoms with Crippen LogP contribution in [0.4, 0.5) is 5.69 Å². The van der Waals surface area contributed by atoms with E-state index < -0.39 is 10.0 Å². The molecule has 19 heavy (non-hydrogen) atoms. The van der Waals surface area contributed by atoms with E-state index in [0.717, 1.165) is 29.9 Å². The van der Waals surface area contributed by atoms with Crippen LogP contribution in [0.15, 0.2) is 23.1 Å². The van der Waals surface area contributed by atoms with Crippen LogP contribution in [0, 0.1) is 0 Å². The van der Waals surface area contributed by atoms with Gasteiger partial charge in [-0.2, -0.15) is 11.8 Å². The molecule has 0 atom stereocenters. The van der Waals surface area contributed by atoms with Crippen LogP contribution in [0.2, 0.25) is 0 Å². The fourth-order valence-corrected chi connectivity index (χ4v) is 4.97. The third-order valence-electron chi connectivity index (χ3n) is 3.30. The van der Waals surface area contributed by atoms with Gasteiger partial charge in [0.1, 0.15) is 0 Å². The Balaban J connectivity index is 2.25. The third-order valence-corrected chi connectivity index (χ3v) is 5.96. The van der Waals surface area contributed by atoms with Crippen molar-refractivity contribution in [1.82, 2.24) is 4.72 Å². The van der Waals surface area contributed by atoms with E-state index in [1.165, 1.54) is 0 Å². The van der Waals surface area contributed by atoms with Gasteiger partial charge in [0.15, 0.2) is 0 Å². The lowest BCUT2D eigenvalue weighted by Crippen LogP contribution is -2.37. The van der Waals surface area contributed by atoms with Crippen LogP contribution >= 0.6 is 11.8 Å². The van der Waals surface area contributed by atoms with E-state index >= 15 is 0 Å². The van der Waals surface area contributed by atoms with Crippen LogP contribution in [0.3, 0.4) is 0 Å². The zero-order chi connectivity index (χ0) is 13.9. The number of hydrogen-bond acceptors (Lipinski definition) is 4. The van der Waals surface area contributed by atoms with E-state index in [1.54, 1.807) is 18.2 Å². The number of hydrogen-bond donors (Lipinski definition) is 2. The lowest BCUT2D eigenvalue weighted by Gasteiger charge is -2.23. The summed E-state index contributed by atoms with van der Waals surface area (Å²) < 4.78 is 27.7. The SMILES string of the molecule is CCc1ccc(N)cc1S(=O)(=O)NC1CCSCC1. The highest BCUT2D eigenvalue weighted by Gasteiger charge is 2.23. The van der Waals surface area contributed by atoms with Crippen LogP contribution < -0.4 is 10.5 Å². The molecule has 0 radical (unpaired) electrons. The molecule has 6 heteroatoms. The normalized spacial score (nSPS) is 17.5. The number of aryl methyl sites for hydroxylation is 1. The van der Waals surface area contributed by atoms with E-state index in [2.05, 4.69) is 4.72 Å². The fourth-order valence-electron chi connectivity index (χ4n) is 2.21. The van der Waals surface area contributed by atoms with Crippen molar-refractivity contribution in [2.24, 2.45) is 0 Å². The molecule has 1 aromatic carbocycles. The summed E-state index contributed by atoms with van der Waals surface area (Å²) in [6, 6.07) is 5.14. The maximum Gasteiger partial charge on any atom is 0.241 e. The Kier molecular flexibility index (Phi) is 4.76. The second-order valence-electron chi connectivity index (χ2n) is 4.73. The van der Waals surface area contributed by atoms with Crippen molar-refractivity contribution in [2.75, 3.05) is 17.2 Å². The molecule has 1 aromatic rings. The van der Waals surface area contributed by atoms with Gasteiger partial charge in [0.05, 0.1) is 4.90 Å². The highest BCUT2D eigenvalue weighted by Crippen LogP contribution is 2.23. The monoisotopic (exact) mass is 300 g/mol. The Morgan fingerprint density at radius 1 is 1.37 bits per heavy atom. The molecule has 1 aliphatic heterocycles. The van der Waals surface area contributed by atoms with Gasteiger partial charge in [0, 0.05) is 11.7 Å². The van der Waals surface area contributed by atoms with Gasteiger partial charge in [-0.1, -0.05) is 13.0 Å². The molecule has 0 unspecified atom stereocenters. The van der Waals surface area contributed by atoms with Crippen molar-refractivity contribution in [3.8, 4) is 0 Å². The molecule has 1 heterocycles. The van der Waals surface area contributed by atoms with Gasteiger partial charge in [0.2, 0.25) is 10.0 Å². The number of nitrogens with one attached hydrogen (secondary N) is 1. The average Bonchev–Trinajstić information content (AvgIpc) is 2.39. The highest BCUT2D eigenvalue weighted by molar-refractivity contribution is 7.99. The Bertz CT molecular complexity index is 538. The second kappa shape index (κ2) is 6.15. The average molecular weight is 300 g/mol. The van der Waals surface area contributed by atoms with Crippen molar-refractivity contribution >= 4 is 27.5 Å².